The van der Waals surface area contributed by atoms with Gasteiger partial charge in [-0.2, -0.15) is 0 Å². The first kappa shape index (κ1) is 13.4. The van der Waals surface area contributed by atoms with Crippen molar-refractivity contribution in [1.82, 2.24) is 10.2 Å². The monoisotopic (exact) mass is 273 g/mol. The largest absolute Gasteiger partial charge is 0.372 e. The molecule has 3 rings (SSSR count). The van der Waals surface area contributed by atoms with Crippen molar-refractivity contribution in [3.05, 3.63) is 29.8 Å². The molecule has 1 N–H and O–H groups in total. The van der Waals surface area contributed by atoms with Gasteiger partial charge in [0.1, 0.15) is 0 Å². The van der Waals surface area contributed by atoms with Crippen molar-refractivity contribution in [2.24, 2.45) is 0 Å². The van der Waals surface area contributed by atoms with E-state index in [2.05, 4.69) is 22.3 Å². The van der Waals surface area contributed by atoms with Crippen LogP contribution >= 0.6 is 0 Å². The molecule has 0 radical (unpaired) electrons. The molecule has 0 saturated carbocycles. The number of hydrogen-bond donors (Lipinski definition) is 1. The van der Waals surface area contributed by atoms with Crippen LogP contribution in [0.1, 0.15) is 29.6 Å². The van der Waals surface area contributed by atoms with Gasteiger partial charge in [-0.05, 0) is 43.5 Å². The summed E-state index contributed by atoms with van der Waals surface area (Å²) in [6, 6.07) is 8.16. The van der Waals surface area contributed by atoms with Gasteiger partial charge in [0.25, 0.3) is 5.91 Å². The van der Waals surface area contributed by atoms with Crippen LogP contribution < -0.4 is 10.2 Å². The molecule has 1 aromatic rings. The van der Waals surface area contributed by atoms with Crippen LogP contribution in [-0.2, 0) is 0 Å². The number of rotatable bonds is 2. The summed E-state index contributed by atoms with van der Waals surface area (Å²) in [7, 11) is 0. The minimum Gasteiger partial charge on any atom is -0.372 e. The Balaban J connectivity index is 1.67. The molecule has 0 spiro atoms. The maximum atomic E-state index is 12.4. The minimum absolute atomic E-state index is 0.164. The minimum atomic E-state index is 0.164. The Labute approximate surface area is 120 Å². The lowest BCUT2D eigenvalue weighted by atomic mass is 10.1. The Morgan fingerprint density at radius 2 is 1.55 bits per heavy atom. The van der Waals surface area contributed by atoms with Gasteiger partial charge in [-0.1, -0.05) is 0 Å². The van der Waals surface area contributed by atoms with E-state index in [1.165, 1.54) is 24.9 Å². The van der Waals surface area contributed by atoms with E-state index in [0.29, 0.717) is 0 Å². The molecule has 2 heterocycles. The molecule has 2 aliphatic heterocycles. The second kappa shape index (κ2) is 6.27. The number of hydrogen-bond acceptors (Lipinski definition) is 3. The van der Waals surface area contributed by atoms with Crippen LogP contribution in [0.5, 0.6) is 0 Å². The average molecular weight is 273 g/mol. The number of benzene rings is 1. The van der Waals surface area contributed by atoms with Crippen LogP contribution in [-0.4, -0.2) is 50.1 Å². The maximum Gasteiger partial charge on any atom is 0.253 e. The highest BCUT2D eigenvalue weighted by atomic mass is 16.2. The standard InChI is InChI=1S/C16H23N3O/c20-16(19-12-8-17-9-13-19)14-4-6-15(7-5-14)18-10-2-1-3-11-18/h4-7,17H,1-3,8-13H2. The van der Waals surface area contributed by atoms with E-state index in [1.807, 2.05) is 17.0 Å². The summed E-state index contributed by atoms with van der Waals surface area (Å²) in [6.07, 6.45) is 3.90. The number of carbonyl (C=O) groups is 1. The molecule has 20 heavy (non-hydrogen) atoms. The van der Waals surface area contributed by atoms with Crippen LogP contribution in [0.4, 0.5) is 5.69 Å². The third kappa shape index (κ3) is 2.96. The van der Waals surface area contributed by atoms with E-state index >= 15 is 0 Å². The summed E-state index contributed by atoms with van der Waals surface area (Å²) >= 11 is 0. The van der Waals surface area contributed by atoms with Gasteiger partial charge in [-0.25, -0.2) is 0 Å². The number of carbonyl (C=O) groups excluding carboxylic acids is 1. The molecule has 0 atom stereocenters. The fourth-order valence-electron chi connectivity index (χ4n) is 3.02. The van der Waals surface area contributed by atoms with E-state index < -0.39 is 0 Å². The van der Waals surface area contributed by atoms with Crippen molar-refractivity contribution in [1.29, 1.82) is 0 Å². The molecule has 0 bridgehead atoms. The van der Waals surface area contributed by atoms with Crippen molar-refractivity contribution in [3.8, 4) is 0 Å². The Hall–Kier alpha value is -1.55. The van der Waals surface area contributed by atoms with E-state index in [0.717, 1.165) is 44.8 Å². The summed E-state index contributed by atoms with van der Waals surface area (Å²) in [6.45, 7) is 5.71. The topological polar surface area (TPSA) is 35.6 Å². The van der Waals surface area contributed by atoms with Gasteiger partial charge in [-0.15, -0.1) is 0 Å². The van der Waals surface area contributed by atoms with Crippen molar-refractivity contribution in [2.45, 2.75) is 19.3 Å². The van der Waals surface area contributed by atoms with Crippen LogP contribution in [0.2, 0.25) is 0 Å². The van der Waals surface area contributed by atoms with Gasteiger partial charge in [0, 0.05) is 50.5 Å². The van der Waals surface area contributed by atoms with Crippen molar-refractivity contribution in [3.63, 3.8) is 0 Å². The Kier molecular flexibility index (Phi) is 4.21. The number of anilines is 1. The molecule has 2 saturated heterocycles. The van der Waals surface area contributed by atoms with Gasteiger partial charge in [-0.3, -0.25) is 4.79 Å². The quantitative estimate of drug-likeness (QED) is 0.891. The Bertz CT molecular complexity index is 445. The van der Waals surface area contributed by atoms with Crippen LogP contribution in [0.25, 0.3) is 0 Å². The maximum absolute atomic E-state index is 12.4. The lowest BCUT2D eigenvalue weighted by molar-refractivity contribution is 0.0736. The molecule has 0 aliphatic carbocycles. The van der Waals surface area contributed by atoms with E-state index in [9.17, 15) is 4.79 Å². The number of piperidine rings is 1. The zero-order chi connectivity index (χ0) is 13.8. The van der Waals surface area contributed by atoms with Crippen molar-refractivity contribution in [2.75, 3.05) is 44.2 Å². The second-order valence-electron chi connectivity index (χ2n) is 5.64. The molecule has 0 unspecified atom stereocenters. The third-order valence-corrected chi connectivity index (χ3v) is 4.24. The fourth-order valence-corrected chi connectivity index (χ4v) is 3.02. The summed E-state index contributed by atoms with van der Waals surface area (Å²) in [5, 5.41) is 3.27. The van der Waals surface area contributed by atoms with E-state index in [-0.39, 0.29) is 5.91 Å². The van der Waals surface area contributed by atoms with Gasteiger partial charge in [0.05, 0.1) is 0 Å². The lowest BCUT2D eigenvalue weighted by Crippen LogP contribution is -2.46. The number of nitrogens with one attached hydrogen (secondary N) is 1. The number of nitrogens with zero attached hydrogens (tertiary/aromatic N) is 2. The molecule has 1 amide bonds. The third-order valence-electron chi connectivity index (χ3n) is 4.24. The molecule has 108 valence electrons. The van der Waals surface area contributed by atoms with Gasteiger partial charge in [0.2, 0.25) is 0 Å². The van der Waals surface area contributed by atoms with Gasteiger partial charge < -0.3 is 15.1 Å². The predicted octanol–water partition coefficient (Wildman–Crippen LogP) is 1.72. The Morgan fingerprint density at radius 1 is 0.900 bits per heavy atom. The highest BCUT2D eigenvalue weighted by Gasteiger charge is 2.18. The SMILES string of the molecule is O=C(c1ccc(N2CCCCC2)cc1)N1CCNCC1. The molecule has 1 aromatic carbocycles. The van der Waals surface area contributed by atoms with Crippen LogP contribution in [0.3, 0.4) is 0 Å². The smallest absolute Gasteiger partial charge is 0.253 e. The average Bonchev–Trinajstić information content (AvgIpc) is 2.56. The number of piperazine rings is 1. The van der Waals surface area contributed by atoms with Crippen LogP contribution in [0, 0.1) is 0 Å². The highest BCUT2D eigenvalue weighted by molar-refractivity contribution is 5.94. The molecular formula is C16H23N3O. The normalized spacial score (nSPS) is 20.0. The molecule has 0 aromatic heterocycles. The fraction of sp³-hybridized carbons (Fsp3) is 0.562. The van der Waals surface area contributed by atoms with Crippen molar-refractivity contribution >= 4 is 11.6 Å². The molecule has 2 fully saturated rings. The molecule has 4 heteroatoms. The van der Waals surface area contributed by atoms with E-state index in [1.54, 1.807) is 0 Å². The van der Waals surface area contributed by atoms with Crippen LogP contribution in [0.15, 0.2) is 24.3 Å². The van der Waals surface area contributed by atoms with E-state index in [4.69, 9.17) is 0 Å². The number of amides is 1. The molecule has 2 aliphatic rings. The zero-order valence-corrected chi connectivity index (χ0v) is 12.0. The zero-order valence-electron chi connectivity index (χ0n) is 12.0. The summed E-state index contributed by atoms with van der Waals surface area (Å²) in [4.78, 5) is 16.7. The first-order valence-electron chi connectivity index (χ1n) is 7.69. The highest BCUT2D eigenvalue weighted by Crippen LogP contribution is 2.20. The lowest BCUT2D eigenvalue weighted by Gasteiger charge is -2.29. The second-order valence-corrected chi connectivity index (χ2v) is 5.64. The van der Waals surface area contributed by atoms with Crippen molar-refractivity contribution < 1.29 is 4.79 Å². The first-order chi connectivity index (χ1) is 9.84. The summed E-state index contributed by atoms with van der Waals surface area (Å²) < 4.78 is 0. The Morgan fingerprint density at radius 3 is 2.20 bits per heavy atom. The molecular weight excluding hydrogens is 250 g/mol. The summed E-state index contributed by atoms with van der Waals surface area (Å²) in [5.41, 5.74) is 2.06. The van der Waals surface area contributed by atoms with Gasteiger partial charge >= 0.3 is 0 Å². The first-order valence-corrected chi connectivity index (χ1v) is 7.69. The summed E-state index contributed by atoms with van der Waals surface area (Å²) in [5.74, 6) is 0.164. The molecule has 4 nitrogen and oxygen atoms in total. The van der Waals surface area contributed by atoms with Gasteiger partial charge in [0.15, 0.2) is 0 Å². The predicted molar refractivity (Wildman–Crippen MR) is 81.3 cm³/mol.